The summed E-state index contributed by atoms with van der Waals surface area (Å²) in [5.74, 6) is -1.90. The Morgan fingerprint density at radius 2 is 1.94 bits per heavy atom. The monoisotopic (exact) mass is 450 g/mol. The first-order chi connectivity index (χ1) is 15.7. The molecule has 3 atom stereocenters. The number of hydrogen-bond donors (Lipinski definition) is 3. The van der Waals surface area contributed by atoms with Crippen molar-refractivity contribution in [3.8, 4) is 16.9 Å². The fraction of sp³-hybridized carbons (Fsp3) is 0.385. The zero-order valence-electron chi connectivity index (χ0n) is 19.2. The van der Waals surface area contributed by atoms with E-state index in [0.29, 0.717) is 25.3 Å². The second kappa shape index (κ2) is 10.4. The summed E-state index contributed by atoms with van der Waals surface area (Å²) in [5, 5.41) is 27.7. The number of aryl methyl sites for hydroxylation is 1. The Labute approximate surface area is 193 Å². The van der Waals surface area contributed by atoms with Crippen molar-refractivity contribution in [2.24, 2.45) is 16.8 Å². The van der Waals surface area contributed by atoms with Gasteiger partial charge in [0.05, 0.1) is 24.1 Å². The topological polar surface area (TPSA) is 120 Å². The Hall–Kier alpha value is -3.48. The van der Waals surface area contributed by atoms with E-state index in [4.69, 9.17) is 15.3 Å². The second-order valence-electron chi connectivity index (χ2n) is 8.52. The lowest BCUT2D eigenvalue weighted by molar-refractivity contribution is -0.142. The Morgan fingerprint density at radius 1 is 1.21 bits per heavy atom. The molecule has 1 aliphatic heterocycles. The van der Waals surface area contributed by atoms with Gasteiger partial charge < -0.3 is 20.4 Å². The van der Waals surface area contributed by atoms with Crippen LogP contribution in [0.4, 0.5) is 0 Å². The number of ether oxygens (including phenoxy) is 1. The maximum Gasteiger partial charge on any atom is 0.306 e. The summed E-state index contributed by atoms with van der Waals surface area (Å²) in [7, 11) is 0. The van der Waals surface area contributed by atoms with Crippen molar-refractivity contribution >= 4 is 23.4 Å². The van der Waals surface area contributed by atoms with Crippen molar-refractivity contribution in [3.63, 3.8) is 0 Å². The van der Waals surface area contributed by atoms with Crippen LogP contribution in [0.5, 0.6) is 5.75 Å². The minimum absolute atomic E-state index is 0.0199. The highest BCUT2D eigenvalue weighted by molar-refractivity contribution is 6.43. The Morgan fingerprint density at radius 3 is 2.61 bits per heavy atom. The van der Waals surface area contributed by atoms with Crippen molar-refractivity contribution in [2.45, 2.75) is 46.1 Å². The molecule has 1 aliphatic rings. The molecule has 3 rings (SSSR count). The molecule has 0 bridgehead atoms. The number of benzene rings is 2. The fourth-order valence-electron chi connectivity index (χ4n) is 4.06. The third-order valence-electron chi connectivity index (χ3n) is 6.01. The number of Topliss-reactive ketones (excluding diaryl/α,β-unsaturated/α-hetero) is 1. The van der Waals surface area contributed by atoms with Gasteiger partial charge in [-0.15, -0.1) is 0 Å². The predicted molar refractivity (Wildman–Crippen MR) is 127 cm³/mol. The second-order valence-corrected chi connectivity index (χ2v) is 8.52. The Balaban J connectivity index is 1.75. The minimum atomic E-state index is -0.889. The van der Waals surface area contributed by atoms with E-state index in [-0.39, 0.29) is 29.8 Å². The van der Waals surface area contributed by atoms with E-state index in [1.54, 1.807) is 25.1 Å². The van der Waals surface area contributed by atoms with Crippen LogP contribution in [0.2, 0.25) is 0 Å². The SMILES string of the molecule is CCC(C(=N)C(=O)Cc1ccc(O)cc1-c1ccccc1C)C1=NCC(CC(C)C(=O)O)O1. The molecule has 3 unspecified atom stereocenters. The molecule has 0 saturated heterocycles. The lowest BCUT2D eigenvalue weighted by Crippen LogP contribution is -2.32. The number of hydrogen-bond acceptors (Lipinski definition) is 6. The van der Waals surface area contributed by atoms with Crippen LogP contribution >= 0.6 is 0 Å². The van der Waals surface area contributed by atoms with E-state index in [1.807, 2.05) is 38.1 Å². The number of ketones is 1. The number of rotatable bonds is 10. The minimum Gasteiger partial charge on any atom is -0.508 e. The molecular formula is C26H30N2O5. The van der Waals surface area contributed by atoms with E-state index >= 15 is 0 Å². The summed E-state index contributed by atoms with van der Waals surface area (Å²) in [6.45, 7) is 5.79. The van der Waals surface area contributed by atoms with E-state index in [0.717, 1.165) is 22.3 Å². The quantitative estimate of drug-likeness (QED) is 0.463. The molecule has 0 saturated carbocycles. The summed E-state index contributed by atoms with van der Waals surface area (Å²) in [5.41, 5.74) is 3.36. The third-order valence-corrected chi connectivity index (χ3v) is 6.01. The fourth-order valence-corrected chi connectivity index (χ4v) is 4.06. The number of aromatic hydroxyl groups is 1. The molecule has 33 heavy (non-hydrogen) atoms. The number of nitrogens with one attached hydrogen (secondary N) is 1. The number of phenolic OH excluding ortho intramolecular Hbond substituents is 1. The molecular weight excluding hydrogens is 420 g/mol. The number of carbonyl (C=O) groups excluding carboxylic acids is 1. The summed E-state index contributed by atoms with van der Waals surface area (Å²) in [6.07, 6.45) is 0.470. The highest BCUT2D eigenvalue weighted by Gasteiger charge is 2.33. The normalized spacial score (nSPS) is 17.1. The molecule has 0 aliphatic carbocycles. The Bertz CT molecular complexity index is 1090. The van der Waals surface area contributed by atoms with Gasteiger partial charge in [-0.2, -0.15) is 0 Å². The standard InChI is InChI=1S/C26H30N2O5/c1-4-20(25-28-14-19(33-25)11-16(3)26(31)32)24(27)23(30)12-17-9-10-18(29)13-22(17)21-8-6-5-7-15(21)2/h5-10,13,16,19-20,27,29H,4,11-12,14H2,1-3H3,(H,31,32). The van der Waals surface area contributed by atoms with Gasteiger partial charge in [0.2, 0.25) is 0 Å². The lowest BCUT2D eigenvalue weighted by Gasteiger charge is -2.19. The molecule has 0 aromatic heterocycles. The van der Waals surface area contributed by atoms with E-state index in [2.05, 4.69) is 4.99 Å². The van der Waals surface area contributed by atoms with E-state index in [1.165, 1.54) is 0 Å². The van der Waals surface area contributed by atoms with Crippen LogP contribution in [0.1, 0.15) is 37.8 Å². The molecule has 7 heteroatoms. The number of phenols is 1. The molecule has 2 aromatic rings. The predicted octanol–water partition coefficient (Wildman–Crippen LogP) is 4.43. The van der Waals surface area contributed by atoms with Gasteiger partial charge in [0.1, 0.15) is 11.9 Å². The summed E-state index contributed by atoms with van der Waals surface area (Å²) >= 11 is 0. The first-order valence-corrected chi connectivity index (χ1v) is 11.1. The number of aliphatic carboxylic acids is 1. The smallest absolute Gasteiger partial charge is 0.306 e. The first-order valence-electron chi connectivity index (χ1n) is 11.1. The van der Waals surface area contributed by atoms with Gasteiger partial charge in [0, 0.05) is 6.42 Å². The number of carbonyl (C=O) groups is 2. The molecule has 0 amide bonds. The van der Waals surface area contributed by atoms with E-state index in [9.17, 15) is 14.7 Å². The van der Waals surface area contributed by atoms with Crippen molar-refractivity contribution in [2.75, 3.05) is 6.54 Å². The van der Waals surface area contributed by atoms with Crippen LogP contribution in [0.25, 0.3) is 11.1 Å². The number of carboxylic acid groups (broad SMARTS) is 1. The molecule has 0 radical (unpaired) electrons. The molecule has 7 nitrogen and oxygen atoms in total. The number of aliphatic imine (C=N–C) groups is 1. The van der Waals surface area contributed by atoms with Gasteiger partial charge in [-0.3, -0.25) is 14.6 Å². The van der Waals surface area contributed by atoms with Crippen LogP contribution in [0.15, 0.2) is 47.5 Å². The summed E-state index contributed by atoms with van der Waals surface area (Å²) in [6, 6.07) is 12.7. The van der Waals surface area contributed by atoms with Gasteiger partial charge >= 0.3 is 5.97 Å². The van der Waals surface area contributed by atoms with Gasteiger partial charge in [-0.25, -0.2) is 0 Å². The zero-order valence-corrected chi connectivity index (χ0v) is 19.2. The van der Waals surface area contributed by atoms with Gasteiger partial charge in [0.15, 0.2) is 11.7 Å². The van der Waals surface area contributed by atoms with Crippen LogP contribution < -0.4 is 0 Å². The van der Waals surface area contributed by atoms with Crippen LogP contribution in [0, 0.1) is 24.2 Å². The molecule has 0 fully saturated rings. The van der Waals surface area contributed by atoms with Crippen LogP contribution in [0.3, 0.4) is 0 Å². The molecule has 1 heterocycles. The molecule has 174 valence electrons. The summed E-state index contributed by atoms with van der Waals surface area (Å²) in [4.78, 5) is 28.6. The maximum atomic E-state index is 13.1. The van der Waals surface area contributed by atoms with Gasteiger partial charge in [0.25, 0.3) is 0 Å². The van der Waals surface area contributed by atoms with Crippen LogP contribution in [-0.4, -0.2) is 46.2 Å². The van der Waals surface area contributed by atoms with Crippen molar-refractivity contribution < 1.29 is 24.5 Å². The number of nitrogens with zero attached hydrogens (tertiary/aromatic N) is 1. The average Bonchev–Trinajstić information content (AvgIpc) is 3.23. The maximum absolute atomic E-state index is 13.1. The molecule has 3 N–H and O–H groups in total. The zero-order chi connectivity index (χ0) is 24.1. The molecule has 2 aromatic carbocycles. The van der Waals surface area contributed by atoms with Crippen molar-refractivity contribution in [1.82, 2.24) is 0 Å². The first kappa shape index (κ1) is 24.2. The average molecular weight is 451 g/mol. The van der Waals surface area contributed by atoms with Crippen LogP contribution in [-0.2, 0) is 20.7 Å². The summed E-state index contributed by atoms with van der Waals surface area (Å²) < 4.78 is 5.84. The number of carboxylic acids is 1. The van der Waals surface area contributed by atoms with Crippen molar-refractivity contribution in [1.29, 1.82) is 5.41 Å². The van der Waals surface area contributed by atoms with Gasteiger partial charge in [-0.1, -0.05) is 44.2 Å². The van der Waals surface area contributed by atoms with Crippen molar-refractivity contribution in [3.05, 3.63) is 53.6 Å². The highest BCUT2D eigenvalue weighted by atomic mass is 16.5. The molecule has 0 spiro atoms. The highest BCUT2D eigenvalue weighted by Crippen LogP contribution is 2.31. The largest absolute Gasteiger partial charge is 0.508 e. The lowest BCUT2D eigenvalue weighted by atomic mass is 9.89. The third kappa shape index (κ3) is 5.66. The van der Waals surface area contributed by atoms with Gasteiger partial charge in [-0.05, 0) is 54.2 Å². The Kier molecular flexibility index (Phi) is 7.63. The van der Waals surface area contributed by atoms with E-state index < -0.39 is 17.8 Å².